The van der Waals surface area contributed by atoms with E-state index in [1.54, 1.807) is 13.0 Å². The van der Waals surface area contributed by atoms with Gasteiger partial charge in [0.1, 0.15) is 18.8 Å². The first-order valence-electron chi connectivity index (χ1n) is 14.1. The number of carbonyl (C=O) groups excluding carboxylic acids is 4. The zero-order chi connectivity index (χ0) is 31.9. The van der Waals surface area contributed by atoms with Crippen LogP contribution in [-0.2, 0) is 34.9 Å². The molecular weight excluding hydrogens is 550 g/mol. The second-order valence-electron chi connectivity index (χ2n) is 12.4. The number of esters is 1. The SMILES string of the molecule is CCCCCOC(=O)OC[C@H](C)OC(=O)[C@@H](N)Cc1ccc(OC(=O)OCC(C)(C)C)c(OC(=O)OCC(C)(C)C)c1. The van der Waals surface area contributed by atoms with Crippen LogP contribution in [0.3, 0.4) is 0 Å². The van der Waals surface area contributed by atoms with Crippen molar-refractivity contribution < 1.29 is 52.3 Å². The number of benzene rings is 1. The van der Waals surface area contributed by atoms with Crippen molar-refractivity contribution in [3.05, 3.63) is 23.8 Å². The number of hydrogen-bond donors (Lipinski definition) is 1. The molecule has 2 N–H and O–H groups in total. The smallest absolute Gasteiger partial charge is 0.458 e. The molecule has 1 aromatic carbocycles. The lowest BCUT2D eigenvalue weighted by atomic mass is 9.99. The molecule has 0 aromatic heterocycles. The summed E-state index contributed by atoms with van der Waals surface area (Å²) < 4.78 is 36.1. The van der Waals surface area contributed by atoms with Crippen LogP contribution < -0.4 is 15.2 Å². The van der Waals surface area contributed by atoms with Crippen LogP contribution in [-0.4, -0.2) is 63.0 Å². The monoisotopic (exact) mass is 597 g/mol. The second-order valence-corrected chi connectivity index (χ2v) is 12.4. The fraction of sp³-hybridized carbons (Fsp3) is 0.667. The number of nitrogens with two attached hydrogens (primary N) is 1. The van der Waals surface area contributed by atoms with Crippen molar-refractivity contribution in [2.24, 2.45) is 16.6 Å². The molecule has 12 nitrogen and oxygen atoms in total. The predicted octanol–water partition coefficient (Wildman–Crippen LogP) is 5.95. The highest BCUT2D eigenvalue weighted by Crippen LogP contribution is 2.30. The summed E-state index contributed by atoms with van der Waals surface area (Å²) in [6, 6.07) is 3.24. The van der Waals surface area contributed by atoms with E-state index in [2.05, 4.69) is 0 Å². The fourth-order valence-electron chi connectivity index (χ4n) is 3.02. The highest BCUT2D eigenvalue weighted by molar-refractivity contribution is 5.76. The normalized spacial score (nSPS) is 12.9. The van der Waals surface area contributed by atoms with Gasteiger partial charge in [0.2, 0.25) is 0 Å². The van der Waals surface area contributed by atoms with Crippen LogP contribution in [0.2, 0.25) is 0 Å². The lowest BCUT2D eigenvalue weighted by Gasteiger charge is -2.19. The minimum Gasteiger partial charge on any atom is -0.458 e. The maximum absolute atomic E-state index is 12.5. The molecule has 42 heavy (non-hydrogen) atoms. The molecule has 0 amide bonds. The molecule has 0 radical (unpaired) electrons. The largest absolute Gasteiger partial charge is 0.513 e. The van der Waals surface area contributed by atoms with E-state index in [0.717, 1.165) is 19.3 Å². The Morgan fingerprint density at radius 1 is 0.786 bits per heavy atom. The first kappa shape index (κ1) is 36.5. The van der Waals surface area contributed by atoms with Crippen molar-refractivity contribution >= 4 is 24.4 Å². The first-order valence-corrected chi connectivity index (χ1v) is 14.1. The van der Waals surface area contributed by atoms with Crippen LogP contribution in [0.4, 0.5) is 14.4 Å². The summed E-state index contributed by atoms with van der Waals surface area (Å²) in [5.74, 6) is -0.951. The molecule has 0 saturated heterocycles. The Morgan fingerprint density at radius 3 is 1.90 bits per heavy atom. The average molecular weight is 598 g/mol. The van der Waals surface area contributed by atoms with Crippen LogP contribution in [0.1, 0.15) is 80.2 Å². The maximum atomic E-state index is 12.5. The van der Waals surface area contributed by atoms with Gasteiger partial charge in [0.15, 0.2) is 11.5 Å². The van der Waals surface area contributed by atoms with E-state index in [4.69, 9.17) is 38.9 Å². The third-order valence-corrected chi connectivity index (χ3v) is 5.12. The Hall–Kier alpha value is -3.54. The van der Waals surface area contributed by atoms with Crippen molar-refractivity contribution in [2.45, 2.75) is 93.2 Å². The van der Waals surface area contributed by atoms with Crippen molar-refractivity contribution in [1.29, 1.82) is 0 Å². The number of unbranched alkanes of at least 4 members (excludes halogenated alkanes) is 2. The molecule has 12 heteroatoms. The molecule has 0 saturated carbocycles. The predicted molar refractivity (Wildman–Crippen MR) is 153 cm³/mol. The van der Waals surface area contributed by atoms with E-state index < -0.39 is 36.6 Å². The zero-order valence-corrected chi connectivity index (χ0v) is 26.1. The molecule has 0 unspecified atom stereocenters. The topological polar surface area (TPSA) is 159 Å². The van der Waals surface area contributed by atoms with Gasteiger partial charge < -0.3 is 38.9 Å². The van der Waals surface area contributed by atoms with Crippen molar-refractivity contribution in [2.75, 3.05) is 26.4 Å². The Labute approximate surface area is 248 Å². The van der Waals surface area contributed by atoms with E-state index >= 15 is 0 Å². The molecule has 0 aliphatic heterocycles. The number of rotatable bonds is 14. The second kappa shape index (κ2) is 17.4. The van der Waals surface area contributed by atoms with Crippen LogP contribution in [0.5, 0.6) is 11.5 Å². The van der Waals surface area contributed by atoms with Gasteiger partial charge in [0, 0.05) is 0 Å². The molecule has 238 valence electrons. The summed E-state index contributed by atoms with van der Waals surface area (Å²) in [5, 5.41) is 0. The molecule has 2 atom stereocenters. The number of ether oxygens (including phenoxy) is 7. The van der Waals surface area contributed by atoms with E-state index in [0.29, 0.717) is 5.56 Å². The van der Waals surface area contributed by atoms with Crippen molar-refractivity contribution in [3.63, 3.8) is 0 Å². The minimum absolute atomic E-state index is 0.00592. The van der Waals surface area contributed by atoms with Gasteiger partial charge in [-0.25, -0.2) is 14.4 Å². The van der Waals surface area contributed by atoms with Gasteiger partial charge in [0.25, 0.3) is 0 Å². The molecule has 0 bridgehead atoms. The Kier molecular flexibility index (Phi) is 15.1. The molecule has 0 fully saturated rings. The van der Waals surface area contributed by atoms with Crippen molar-refractivity contribution in [1.82, 2.24) is 0 Å². The van der Waals surface area contributed by atoms with E-state index in [9.17, 15) is 19.2 Å². The Balaban J connectivity index is 2.84. The Bertz CT molecular complexity index is 1030. The van der Waals surface area contributed by atoms with Gasteiger partial charge in [-0.3, -0.25) is 4.79 Å². The molecule has 1 aromatic rings. The highest BCUT2D eigenvalue weighted by Gasteiger charge is 2.23. The number of hydrogen-bond acceptors (Lipinski definition) is 12. The summed E-state index contributed by atoms with van der Waals surface area (Å²) in [6.45, 7) is 15.2. The average Bonchev–Trinajstić information content (AvgIpc) is 2.88. The van der Waals surface area contributed by atoms with Gasteiger partial charge in [-0.05, 0) is 48.3 Å². The minimum atomic E-state index is -1.10. The third-order valence-electron chi connectivity index (χ3n) is 5.12. The van der Waals surface area contributed by atoms with Crippen LogP contribution in [0, 0.1) is 10.8 Å². The van der Waals surface area contributed by atoms with Gasteiger partial charge in [0.05, 0.1) is 19.8 Å². The maximum Gasteiger partial charge on any atom is 0.513 e. The van der Waals surface area contributed by atoms with Gasteiger partial charge in [-0.15, -0.1) is 0 Å². The summed E-state index contributed by atoms with van der Waals surface area (Å²) in [6.07, 6.45) is -0.918. The van der Waals surface area contributed by atoms with Gasteiger partial charge in [-0.2, -0.15) is 0 Å². The summed E-state index contributed by atoms with van der Waals surface area (Å²) in [7, 11) is 0. The molecule has 0 aliphatic rings. The van der Waals surface area contributed by atoms with E-state index in [-0.39, 0.29) is 55.2 Å². The zero-order valence-electron chi connectivity index (χ0n) is 26.1. The quantitative estimate of drug-likeness (QED) is 0.116. The van der Waals surface area contributed by atoms with Crippen molar-refractivity contribution in [3.8, 4) is 11.5 Å². The summed E-state index contributed by atoms with van der Waals surface area (Å²) >= 11 is 0. The molecular formula is C30H47NO11. The highest BCUT2D eigenvalue weighted by atomic mass is 16.7. The molecule has 0 spiro atoms. The fourth-order valence-corrected chi connectivity index (χ4v) is 3.02. The van der Waals surface area contributed by atoms with Gasteiger partial charge >= 0.3 is 24.4 Å². The summed E-state index contributed by atoms with van der Waals surface area (Å²) in [5.41, 5.74) is 5.94. The van der Waals surface area contributed by atoms with Crippen LogP contribution >= 0.6 is 0 Å². The summed E-state index contributed by atoms with van der Waals surface area (Å²) in [4.78, 5) is 48.8. The molecule has 0 aliphatic carbocycles. The van der Waals surface area contributed by atoms with Crippen LogP contribution in [0.25, 0.3) is 0 Å². The molecule has 1 rings (SSSR count). The van der Waals surface area contributed by atoms with Crippen LogP contribution in [0.15, 0.2) is 18.2 Å². The first-order chi connectivity index (χ1) is 19.5. The van der Waals surface area contributed by atoms with Gasteiger partial charge in [-0.1, -0.05) is 67.4 Å². The lowest BCUT2D eigenvalue weighted by Crippen LogP contribution is -2.37. The third kappa shape index (κ3) is 16.7. The number of carbonyl (C=O) groups is 4. The standard InChI is InChI=1S/C30H47NO11/c1-9-10-11-14-36-26(33)37-17-20(2)40-25(32)22(31)15-21-12-13-23(41-27(34)38-18-29(3,4)5)24(16-21)42-28(35)39-19-30(6,7)8/h12-13,16,20,22H,9-11,14-15,17-19,31H2,1-8H3/t20-,22-/m0/s1. The molecule has 0 heterocycles. The Morgan fingerprint density at radius 2 is 1.36 bits per heavy atom. The van der Waals surface area contributed by atoms with E-state index in [1.165, 1.54) is 12.1 Å². The lowest BCUT2D eigenvalue weighted by molar-refractivity contribution is -0.152. The van der Waals surface area contributed by atoms with E-state index in [1.807, 2.05) is 48.5 Å².